The maximum atomic E-state index is 12.7. The summed E-state index contributed by atoms with van der Waals surface area (Å²) in [5.41, 5.74) is 5.96. The van der Waals surface area contributed by atoms with E-state index in [2.05, 4.69) is 40.8 Å². The van der Waals surface area contributed by atoms with Crippen molar-refractivity contribution in [1.29, 1.82) is 0 Å². The van der Waals surface area contributed by atoms with Gasteiger partial charge in [0, 0.05) is 36.0 Å². The molecule has 11 heteroatoms. The number of aromatic amines is 2. The smallest absolute Gasteiger partial charge is 0.257 e. The van der Waals surface area contributed by atoms with Gasteiger partial charge in [-0.3, -0.25) is 29.6 Å². The van der Waals surface area contributed by atoms with Crippen LogP contribution in [0.15, 0.2) is 73.6 Å². The Hall–Kier alpha value is -5.45. The summed E-state index contributed by atoms with van der Waals surface area (Å²) in [7, 11) is 0. The molecule has 0 fully saturated rings. The fourth-order valence-corrected chi connectivity index (χ4v) is 4.45. The topological polar surface area (TPSA) is 154 Å². The summed E-state index contributed by atoms with van der Waals surface area (Å²) in [5.74, 6) is 0.437. The van der Waals surface area contributed by atoms with E-state index in [1.165, 1.54) is 6.20 Å². The molecule has 0 unspecified atom stereocenters. The molecule has 4 N–H and O–H groups in total. The number of carbonyl (C=O) groups is 2. The molecule has 5 heterocycles. The summed E-state index contributed by atoms with van der Waals surface area (Å²) in [6, 6.07) is 11.2. The number of amides is 2. The Morgan fingerprint density at radius 3 is 2.60 bits per heavy atom. The van der Waals surface area contributed by atoms with Crippen molar-refractivity contribution in [1.82, 2.24) is 35.1 Å². The van der Waals surface area contributed by atoms with Crippen LogP contribution < -0.4 is 10.6 Å². The highest BCUT2D eigenvalue weighted by molar-refractivity contribution is 6.08. The van der Waals surface area contributed by atoms with Crippen molar-refractivity contribution in [2.75, 3.05) is 10.6 Å². The summed E-state index contributed by atoms with van der Waals surface area (Å²) in [6.45, 7) is 4.01. The van der Waals surface area contributed by atoms with Gasteiger partial charge in [-0.1, -0.05) is 19.9 Å². The van der Waals surface area contributed by atoms with E-state index in [-0.39, 0.29) is 17.7 Å². The second kappa shape index (κ2) is 10.4. The van der Waals surface area contributed by atoms with Crippen LogP contribution in [0.25, 0.3) is 44.6 Å². The number of H-pyrrole nitrogens is 2. The lowest BCUT2D eigenvalue weighted by Crippen LogP contribution is -2.13. The largest absolute Gasteiger partial charge is 0.335 e. The lowest BCUT2D eigenvalue weighted by Gasteiger charge is -2.09. The molecule has 0 radical (unpaired) electrons. The van der Waals surface area contributed by atoms with E-state index >= 15 is 0 Å². The number of imidazole rings is 1. The van der Waals surface area contributed by atoms with E-state index in [1.807, 2.05) is 38.1 Å². The summed E-state index contributed by atoms with van der Waals surface area (Å²) >= 11 is 0. The van der Waals surface area contributed by atoms with Crippen molar-refractivity contribution in [3.63, 3.8) is 0 Å². The maximum Gasteiger partial charge on any atom is 0.257 e. The average Bonchev–Trinajstić information content (AvgIpc) is 3.57. The third kappa shape index (κ3) is 4.99. The summed E-state index contributed by atoms with van der Waals surface area (Å²) in [4.78, 5) is 45.6. The fraction of sp³-hybridized carbons (Fsp3) is 0.138. The molecule has 5 aromatic heterocycles. The fourth-order valence-electron chi connectivity index (χ4n) is 4.45. The summed E-state index contributed by atoms with van der Waals surface area (Å²) in [5, 5.41) is 14.2. The summed E-state index contributed by atoms with van der Waals surface area (Å²) in [6.07, 6.45) is 10.1. The average molecular weight is 532 g/mol. The first-order valence-corrected chi connectivity index (χ1v) is 12.7. The Labute approximate surface area is 228 Å². The van der Waals surface area contributed by atoms with Crippen LogP contribution in [0, 0.1) is 5.92 Å². The molecule has 40 heavy (non-hydrogen) atoms. The van der Waals surface area contributed by atoms with Gasteiger partial charge in [0.05, 0.1) is 46.6 Å². The quantitative estimate of drug-likeness (QED) is 0.221. The zero-order chi connectivity index (χ0) is 27.6. The monoisotopic (exact) mass is 531 g/mol. The highest BCUT2D eigenvalue weighted by Gasteiger charge is 2.17. The van der Waals surface area contributed by atoms with E-state index in [0.717, 1.165) is 22.0 Å². The molecule has 1 aromatic carbocycles. The molecule has 2 amide bonds. The Morgan fingerprint density at radius 1 is 0.900 bits per heavy atom. The first kappa shape index (κ1) is 24.9. The molecule has 0 aliphatic carbocycles. The van der Waals surface area contributed by atoms with Gasteiger partial charge < -0.3 is 15.6 Å². The number of benzene rings is 1. The number of aromatic nitrogens is 7. The van der Waals surface area contributed by atoms with Gasteiger partial charge in [0.15, 0.2) is 5.82 Å². The van der Waals surface area contributed by atoms with Crippen LogP contribution in [-0.2, 0) is 4.79 Å². The molecular weight excluding hydrogens is 506 g/mol. The third-order valence-electron chi connectivity index (χ3n) is 6.30. The minimum atomic E-state index is -0.307. The number of nitrogens with zero attached hydrogens (tertiary/aromatic N) is 5. The van der Waals surface area contributed by atoms with Gasteiger partial charge >= 0.3 is 0 Å². The van der Waals surface area contributed by atoms with Gasteiger partial charge in [0.1, 0.15) is 11.2 Å². The van der Waals surface area contributed by atoms with Gasteiger partial charge in [0.25, 0.3) is 5.91 Å². The predicted octanol–water partition coefficient (Wildman–Crippen LogP) is 5.20. The molecule has 6 rings (SSSR count). The number of anilines is 2. The van der Waals surface area contributed by atoms with Crippen LogP contribution >= 0.6 is 0 Å². The van der Waals surface area contributed by atoms with Crippen molar-refractivity contribution in [3.8, 4) is 22.6 Å². The van der Waals surface area contributed by atoms with Crippen molar-refractivity contribution in [2.45, 2.75) is 20.3 Å². The zero-order valence-corrected chi connectivity index (χ0v) is 21.8. The van der Waals surface area contributed by atoms with E-state index in [0.29, 0.717) is 45.9 Å². The lowest BCUT2D eigenvalue weighted by molar-refractivity contribution is -0.116. The highest BCUT2D eigenvalue weighted by Crippen LogP contribution is 2.32. The molecule has 6 aromatic rings. The molecule has 0 aliphatic rings. The molecule has 11 nitrogen and oxygen atoms in total. The van der Waals surface area contributed by atoms with E-state index in [9.17, 15) is 9.59 Å². The van der Waals surface area contributed by atoms with Crippen LogP contribution in [0.2, 0.25) is 0 Å². The van der Waals surface area contributed by atoms with Crippen LogP contribution in [0.4, 0.5) is 11.4 Å². The number of rotatable bonds is 7. The molecule has 0 aliphatic heterocycles. The van der Waals surface area contributed by atoms with Crippen molar-refractivity contribution in [2.24, 2.45) is 5.92 Å². The number of hydrogen-bond donors (Lipinski definition) is 4. The number of fused-ring (bicyclic) bond motifs is 2. The molecule has 198 valence electrons. The Kier molecular flexibility index (Phi) is 6.44. The molecule has 0 atom stereocenters. The number of pyridine rings is 3. The van der Waals surface area contributed by atoms with Gasteiger partial charge in [-0.25, -0.2) is 4.98 Å². The van der Waals surface area contributed by atoms with Crippen LogP contribution in [0.5, 0.6) is 0 Å². The van der Waals surface area contributed by atoms with E-state index in [4.69, 9.17) is 4.98 Å². The number of carbonyl (C=O) groups excluding carboxylic acids is 2. The Morgan fingerprint density at radius 2 is 1.77 bits per heavy atom. The SMILES string of the molecule is CC(C)CC(=O)Nc1cncc(-c2ccc3[nH]nc(-c4nc5c(NC(=O)c6cccnc6)cncc5[nH]4)c3c2)c1. The zero-order valence-electron chi connectivity index (χ0n) is 21.8. The van der Waals surface area contributed by atoms with E-state index < -0.39 is 0 Å². The first-order valence-electron chi connectivity index (χ1n) is 12.7. The molecule has 0 bridgehead atoms. The predicted molar refractivity (Wildman–Crippen MR) is 152 cm³/mol. The molecule has 0 saturated carbocycles. The van der Waals surface area contributed by atoms with Gasteiger partial charge in [-0.15, -0.1) is 0 Å². The van der Waals surface area contributed by atoms with Crippen molar-refractivity contribution < 1.29 is 9.59 Å². The minimum Gasteiger partial charge on any atom is -0.335 e. The normalized spacial score (nSPS) is 11.3. The Bertz CT molecular complexity index is 1860. The van der Waals surface area contributed by atoms with Crippen molar-refractivity contribution >= 4 is 45.1 Å². The second-order valence-electron chi connectivity index (χ2n) is 9.81. The molecule has 0 spiro atoms. The van der Waals surface area contributed by atoms with Crippen LogP contribution in [0.3, 0.4) is 0 Å². The van der Waals surface area contributed by atoms with E-state index in [1.54, 1.807) is 43.1 Å². The second-order valence-corrected chi connectivity index (χ2v) is 9.81. The first-order chi connectivity index (χ1) is 19.4. The third-order valence-corrected chi connectivity index (χ3v) is 6.30. The minimum absolute atomic E-state index is 0.0445. The summed E-state index contributed by atoms with van der Waals surface area (Å²) < 4.78 is 0. The van der Waals surface area contributed by atoms with Gasteiger partial charge in [0.2, 0.25) is 5.91 Å². The van der Waals surface area contributed by atoms with Crippen LogP contribution in [-0.4, -0.2) is 46.9 Å². The van der Waals surface area contributed by atoms with Gasteiger partial charge in [-0.05, 0) is 41.8 Å². The number of hydrogen-bond acceptors (Lipinski definition) is 7. The van der Waals surface area contributed by atoms with Gasteiger partial charge in [-0.2, -0.15) is 5.10 Å². The van der Waals surface area contributed by atoms with Crippen molar-refractivity contribution in [3.05, 3.63) is 79.1 Å². The standard InChI is InChI=1S/C29H25N9O2/c1-16(2)8-25(39)33-20-9-19(12-31-13-20)17-5-6-22-21(10-17)26(38-37-22)28-34-23-14-32-15-24(27(23)36-28)35-29(40)18-4-3-7-30-11-18/h3-7,9-16H,8H2,1-2H3,(H,33,39)(H,34,36)(H,35,40)(H,37,38). The molecule has 0 saturated heterocycles. The highest BCUT2D eigenvalue weighted by atomic mass is 16.2. The maximum absolute atomic E-state index is 12.7. The Balaban J connectivity index is 1.32. The lowest BCUT2D eigenvalue weighted by atomic mass is 10.0. The number of nitrogens with one attached hydrogen (secondary N) is 4. The van der Waals surface area contributed by atoms with Crippen LogP contribution in [0.1, 0.15) is 30.6 Å². The molecular formula is C29H25N9O2.